The molecular formula is C13H16F4N4O. The third-order valence-electron chi connectivity index (χ3n) is 2.45. The Morgan fingerprint density at radius 2 is 2.00 bits per heavy atom. The van der Waals surface area contributed by atoms with E-state index >= 15 is 0 Å². The van der Waals surface area contributed by atoms with Crippen molar-refractivity contribution in [3.05, 3.63) is 30.1 Å². The van der Waals surface area contributed by atoms with Crippen LogP contribution in [-0.2, 0) is 4.79 Å². The molecule has 5 nitrogen and oxygen atoms in total. The quantitative estimate of drug-likeness (QED) is 0.441. The van der Waals surface area contributed by atoms with Crippen LogP contribution in [0.3, 0.4) is 0 Å². The first-order valence-corrected chi connectivity index (χ1v) is 6.37. The largest absolute Gasteiger partial charge is 0.390 e. The highest BCUT2D eigenvalue weighted by Crippen LogP contribution is 2.18. The van der Waals surface area contributed by atoms with Gasteiger partial charge in [-0.1, -0.05) is 6.07 Å². The average molecular weight is 320 g/mol. The Hall–Kier alpha value is -2.32. The Kier molecular flexibility index (Phi) is 6.61. The highest BCUT2D eigenvalue weighted by atomic mass is 19.4. The molecular weight excluding hydrogens is 304 g/mol. The Bertz CT molecular complexity index is 531. The third-order valence-corrected chi connectivity index (χ3v) is 2.45. The number of hydrogen-bond acceptors (Lipinski definition) is 2. The van der Waals surface area contributed by atoms with Crippen molar-refractivity contribution in [3.8, 4) is 0 Å². The minimum Gasteiger partial charge on any atom is -0.356 e. The number of amides is 1. The van der Waals surface area contributed by atoms with Gasteiger partial charge in [-0.2, -0.15) is 13.2 Å². The molecule has 0 saturated heterocycles. The van der Waals surface area contributed by atoms with Crippen LogP contribution in [0, 0.1) is 5.82 Å². The number of nitrogens with one attached hydrogen (secondary N) is 3. The summed E-state index contributed by atoms with van der Waals surface area (Å²) in [5, 5.41) is 7.43. The van der Waals surface area contributed by atoms with Crippen molar-refractivity contribution in [3.63, 3.8) is 0 Å². The van der Waals surface area contributed by atoms with Crippen LogP contribution in [0.4, 0.5) is 23.2 Å². The molecule has 0 spiro atoms. The van der Waals surface area contributed by atoms with Gasteiger partial charge in [0.05, 0.1) is 13.0 Å². The maximum absolute atomic E-state index is 12.9. The van der Waals surface area contributed by atoms with E-state index in [0.717, 1.165) is 6.07 Å². The molecule has 0 aliphatic carbocycles. The molecule has 0 unspecified atom stereocenters. The van der Waals surface area contributed by atoms with Crippen LogP contribution in [0.5, 0.6) is 0 Å². The summed E-state index contributed by atoms with van der Waals surface area (Å²) in [5.74, 6) is -0.904. The molecule has 0 fully saturated rings. The third kappa shape index (κ3) is 7.46. The van der Waals surface area contributed by atoms with E-state index in [1.165, 1.54) is 25.2 Å². The average Bonchev–Trinajstić information content (AvgIpc) is 2.41. The fourth-order valence-corrected chi connectivity index (χ4v) is 1.48. The van der Waals surface area contributed by atoms with Crippen LogP contribution in [0.2, 0.25) is 0 Å². The van der Waals surface area contributed by atoms with Gasteiger partial charge in [0.1, 0.15) is 5.82 Å². The van der Waals surface area contributed by atoms with Gasteiger partial charge in [-0.15, -0.1) is 0 Å². The van der Waals surface area contributed by atoms with Gasteiger partial charge < -0.3 is 16.0 Å². The van der Waals surface area contributed by atoms with Crippen LogP contribution in [0.15, 0.2) is 29.3 Å². The van der Waals surface area contributed by atoms with E-state index in [9.17, 15) is 22.4 Å². The molecule has 1 aromatic rings. The summed E-state index contributed by atoms with van der Waals surface area (Å²) < 4.78 is 48.9. The normalized spacial score (nSPS) is 12.0. The van der Waals surface area contributed by atoms with Gasteiger partial charge in [0.2, 0.25) is 5.91 Å². The van der Waals surface area contributed by atoms with E-state index in [4.69, 9.17) is 0 Å². The van der Waals surface area contributed by atoms with E-state index in [0.29, 0.717) is 0 Å². The van der Waals surface area contributed by atoms with Gasteiger partial charge in [0.15, 0.2) is 5.96 Å². The van der Waals surface area contributed by atoms with Gasteiger partial charge in [-0.3, -0.25) is 9.79 Å². The number of nitrogens with zero attached hydrogens (tertiary/aromatic N) is 1. The summed E-state index contributed by atoms with van der Waals surface area (Å²) in [6.07, 6.45) is -5.27. The summed E-state index contributed by atoms with van der Waals surface area (Å²) >= 11 is 0. The molecule has 1 aromatic carbocycles. The number of anilines is 1. The van der Waals surface area contributed by atoms with Crippen LogP contribution in [-0.4, -0.2) is 38.2 Å². The number of rotatable bonds is 5. The lowest BCUT2D eigenvalue weighted by atomic mass is 10.3. The van der Waals surface area contributed by atoms with E-state index in [1.54, 1.807) is 0 Å². The van der Waals surface area contributed by atoms with Crippen molar-refractivity contribution in [2.45, 2.75) is 12.6 Å². The van der Waals surface area contributed by atoms with Crippen LogP contribution in [0.1, 0.15) is 6.42 Å². The number of alkyl halides is 3. The summed E-state index contributed by atoms with van der Waals surface area (Å²) in [5.41, 5.74) is 0.284. The zero-order chi connectivity index (χ0) is 16.6. The summed E-state index contributed by atoms with van der Waals surface area (Å²) in [7, 11) is 1.37. The molecule has 122 valence electrons. The molecule has 0 bridgehead atoms. The number of benzene rings is 1. The standard InChI is InChI=1S/C13H16F4N4O/c1-18-12(19-6-5-13(15,16)17)20-8-11(22)21-10-4-2-3-9(14)7-10/h2-4,7H,5-6,8H2,1H3,(H,21,22)(H2,18,19,20). The van der Waals surface area contributed by atoms with Gasteiger partial charge in [-0.05, 0) is 18.2 Å². The van der Waals surface area contributed by atoms with Gasteiger partial charge >= 0.3 is 6.18 Å². The van der Waals surface area contributed by atoms with Gasteiger partial charge in [-0.25, -0.2) is 4.39 Å². The predicted molar refractivity (Wildman–Crippen MR) is 75.1 cm³/mol. The molecule has 0 aliphatic rings. The van der Waals surface area contributed by atoms with E-state index in [-0.39, 0.29) is 24.7 Å². The lowest BCUT2D eigenvalue weighted by Gasteiger charge is -2.13. The van der Waals surface area contributed by atoms with Crippen molar-refractivity contribution in [1.29, 1.82) is 0 Å². The molecule has 9 heteroatoms. The second-order valence-corrected chi connectivity index (χ2v) is 4.28. The number of aliphatic imine (C=N–C) groups is 1. The maximum atomic E-state index is 12.9. The minimum atomic E-state index is -4.26. The highest BCUT2D eigenvalue weighted by Gasteiger charge is 2.26. The van der Waals surface area contributed by atoms with Crippen LogP contribution < -0.4 is 16.0 Å². The Labute approximate surface area is 124 Å². The van der Waals surface area contributed by atoms with Crippen molar-refractivity contribution >= 4 is 17.6 Å². The van der Waals surface area contributed by atoms with Gasteiger partial charge in [0.25, 0.3) is 0 Å². The number of carbonyl (C=O) groups excluding carboxylic acids is 1. The highest BCUT2D eigenvalue weighted by molar-refractivity contribution is 5.94. The van der Waals surface area contributed by atoms with Crippen molar-refractivity contribution < 1.29 is 22.4 Å². The molecule has 3 N–H and O–H groups in total. The fourth-order valence-electron chi connectivity index (χ4n) is 1.48. The first-order valence-electron chi connectivity index (χ1n) is 6.37. The van der Waals surface area contributed by atoms with Crippen LogP contribution >= 0.6 is 0 Å². The number of carbonyl (C=O) groups is 1. The van der Waals surface area contributed by atoms with Crippen LogP contribution in [0.25, 0.3) is 0 Å². The zero-order valence-electron chi connectivity index (χ0n) is 11.8. The topological polar surface area (TPSA) is 65.5 Å². The lowest BCUT2D eigenvalue weighted by Crippen LogP contribution is -2.42. The minimum absolute atomic E-state index is 0.0682. The van der Waals surface area contributed by atoms with Crippen molar-refractivity contribution in [2.75, 3.05) is 25.5 Å². The molecule has 0 saturated carbocycles. The summed E-state index contributed by atoms with van der Waals surface area (Å²) in [6.45, 7) is -0.573. The smallest absolute Gasteiger partial charge is 0.356 e. The molecule has 0 aromatic heterocycles. The van der Waals surface area contributed by atoms with E-state index in [1.807, 2.05) is 0 Å². The first kappa shape index (κ1) is 17.7. The summed E-state index contributed by atoms with van der Waals surface area (Å²) in [6, 6.07) is 5.34. The molecule has 0 heterocycles. The predicted octanol–water partition coefficient (Wildman–Crippen LogP) is 1.88. The first-order chi connectivity index (χ1) is 10.3. The van der Waals surface area contributed by atoms with Gasteiger partial charge in [0, 0.05) is 19.3 Å². The molecule has 1 amide bonds. The molecule has 0 radical (unpaired) electrons. The SMILES string of the molecule is CN=C(NCCC(F)(F)F)NCC(=O)Nc1cccc(F)c1. The number of halogens is 4. The molecule has 0 atom stereocenters. The fraction of sp³-hybridized carbons (Fsp3) is 0.385. The second-order valence-electron chi connectivity index (χ2n) is 4.28. The van der Waals surface area contributed by atoms with E-state index in [2.05, 4.69) is 20.9 Å². The van der Waals surface area contributed by atoms with Crippen molar-refractivity contribution in [2.24, 2.45) is 4.99 Å². The summed E-state index contributed by atoms with van der Waals surface area (Å²) in [4.78, 5) is 15.3. The van der Waals surface area contributed by atoms with Crippen molar-refractivity contribution in [1.82, 2.24) is 10.6 Å². The number of hydrogen-bond donors (Lipinski definition) is 3. The second kappa shape index (κ2) is 8.20. The molecule has 22 heavy (non-hydrogen) atoms. The molecule has 1 rings (SSSR count). The lowest BCUT2D eigenvalue weighted by molar-refractivity contribution is -0.132. The Balaban J connectivity index is 2.35. The number of guanidine groups is 1. The maximum Gasteiger partial charge on any atom is 0.390 e. The Morgan fingerprint density at radius 1 is 1.27 bits per heavy atom. The monoisotopic (exact) mass is 320 g/mol. The molecule has 0 aliphatic heterocycles. The Morgan fingerprint density at radius 3 is 2.59 bits per heavy atom. The van der Waals surface area contributed by atoms with E-state index < -0.39 is 24.3 Å². The zero-order valence-corrected chi connectivity index (χ0v) is 11.8.